The van der Waals surface area contributed by atoms with Gasteiger partial charge in [0, 0.05) is 6.61 Å². The lowest BCUT2D eigenvalue weighted by atomic mass is 10.1. The summed E-state index contributed by atoms with van der Waals surface area (Å²) < 4.78 is 30.6. The maximum Gasteiger partial charge on any atom is 0.191 e. The number of benzene rings is 1. The Hall–Kier alpha value is -0.913. The molecule has 0 N–H and O–H groups in total. The maximum absolute atomic E-state index is 12.2. The van der Waals surface area contributed by atoms with Crippen molar-refractivity contribution in [3.05, 3.63) is 42.5 Å². The quantitative estimate of drug-likeness (QED) is 0.341. The summed E-state index contributed by atoms with van der Waals surface area (Å²) in [5, 5.41) is 0.216. The number of hydrogen-bond acceptors (Lipinski definition) is 3. The third kappa shape index (κ3) is 6.53. The van der Waals surface area contributed by atoms with Crippen molar-refractivity contribution < 1.29 is 12.8 Å². The zero-order valence-corrected chi connectivity index (χ0v) is 17.6. The Morgan fingerprint density at radius 3 is 2.25 bits per heavy atom. The van der Waals surface area contributed by atoms with Crippen molar-refractivity contribution in [2.75, 3.05) is 12.4 Å². The molecule has 1 aromatic rings. The first-order valence-electron chi connectivity index (χ1n) is 8.54. The van der Waals surface area contributed by atoms with Gasteiger partial charge in [0.1, 0.15) is 0 Å². The first kappa shape index (κ1) is 21.1. The van der Waals surface area contributed by atoms with Gasteiger partial charge >= 0.3 is 0 Å². The van der Waals surface area contributed by atoms with E-state index >= 15 is 0 Å². The second kappa shape index (κ2) is 8.45. The Balaban J connectivity index is 2.35. The van der Waals surface area contributed by atoms with Crippen LogP contribution in [0.1, 0.15) is 40.0 Å². The van der Waals surface area contributed by atoms with Crippen LogP contribution in [-0.2, 0) is 14.3 Å². The van der Waals surface area contributed by atoms with E-state index in [9.17, 15) is 8.42 Å². The van der Waals surface area contributed by atoms with Crippen molar-refractivity contribution in [2.45, 2.75) is 63.1 Å². The lowest BCUT2D eigenvalue weighted by Gasteiger charge is -2.36. The van der Waals surface area contributed by atoms with E-state index in [1.165, 1.54) is 0 Å². The molecule has 0 radical (unpaired) electrons. The predicted molar refractivity (Wildman–Crippen MR) is 105 cm³/mol. The normalized spacial score (nSPS) is 13.0. The van der Waals surface area contributed by atoms with Crippen LogP contribution in [0.5, 0.6) is 0 Å². The molecule has 0 aliphatic carbocycles. The molecule has 0 amide bonds. The molecule has 0 saturated heterocycles. The molecule has 24 heavy (non-hydrogen) atoms. The summed E-state index contributed by atoms with van der Waals surface area (Å²) in [6.07, 6.45) is 2.23. The van der Waals surface area contributed by atoms with Gasteiger partial charge < -0.3 is 4.43 Å². The van der Waals surface area contributed by atoms with E-state index in [1.54, 1.807) is 24.3 Å². The molecule has 0 atom stereocenters. The van der Waals surface area contributed by atoms with Crippen molar-refractivity contribution in [1.82, 2.24) is 0 Å². The van der Waals surface area contributed by atoms with Crippen LogP contribution in [0.25, 0.3) is 0 Å². The molecule has 1 aromatic carbocycles. The molecular weight excluding hydrogens is 336 g/mol. The molecule has 0 aliphatic rings. The van der Waals surface area contributed by atoms with Crippen LogP contribution in [0, 0.1) is 0 Å². The van der Waals surface area contributed by atoms with Crippen LogP contribution in [0.3, 0.4) is 0 Å². The monoisotopic (exact) mass is 368 g/mol. The molecule has 5 heteroatoms. The van der Waals surface area contributed by atoms with Gasteiger partial charge in [-0.1, -0.05) is 51.1 Å². The number of rotatable bonds is 9. The molecular formula is C19H32O3SSi. The van der Waals surface area contributed by atoms with Crippen LogP contribution < -0.4 is 0 Å². The van der Waals surface area contributed by atoms with Gasteiger partial charge in [-0.05, 0) is 49.5 Å². The van der Waals surface area contributed by atoms with Gasteiger partial charge in [0.2, 0.25) is 0 Å². The summed E-state index contributed by atoms with van der Waals surface area (Å²) >= 11 is 0. The van der Waals surface area contributed by atoms with Crippen LogP contribution in [0.2, 0.25) is 18.1 Å². The van der Waals surface area contributed by atoms with Gasteiger partial charge in [-0.3, -0.25) is 0 Å². The first-order valence-corrected chi connectivity index (χ1v) is 13.1. The highest BCUT2D eigenvalue weighted by molar-refractivity contribution is 7.91. The SMILES string of the molecule is C=C(CCCO[Si](C)(C)C(C)(C)C)CCS(=O)(=O)c1ccccc1. The Labute approximate surface area is 149 Å². The van der Waals surface area contributed by atoms with Crippen molar-refractivity contribution in [3.8, 4) is 0 Å². The van der Waals surface area contributed by atoms with Gasteiger partial charge in [0.15, 0.2) is 18.2 Å². The van der Waals surface area contributed by atoms with Crippen molar-refractivity contribution in [1.29, 1.82) is 0 Å². The molecule has 0 aromatic heterocycles. The highest BCUT2D eigenvalue weighted by Crippen LogP contribution is 2.36. The second-order valence-electron chi connectivity index (χ2n) is 7.84. The van der Waals surface area contributed by atoms with Gasteiger partial charge in [-0.25, -0.2) is 8.42 Å². The fraction of sp³-hybridized carbons (Fsp3) is 0.579. The Bertz CT molecular complexity index is 628. The fourth-order valence-electron chi connectivity index (χ4n) is 2.02. The Morgan fingerprint density at radius 2 is 1.71 bits per heavy atom. The maximum atomic E-state index is 12.2. The molecule has 0 spiro atoms. The van der Waals surface area contributed by atoms with Crippen molar-refractivity contribution >= 4 is 18.2 Å². The molecule has 136 valence electrons. The molecule has 1 rings (SSSR count). The second-order valence-corrected chi connectivity index (χ2v) is 14.8. The minimum atomic E-state index is -3.21. The number of sulfone groups is 1. The van der Waals surface area contributed by atoms with E-state index in [0.717, 1.165) is 25.0 Å². The summed E-state index contributed by atoms with van der Waals surface area (Å²) in [5.74, 6) is 0.124. The highest BCUT2D eigenvalue weighted by atomic mass is 32.2. The fourth-order valence-corrected chi connectivity index (χ4v) is 4.47. The average Bonchev–Trinajstić information content (AvgIpc) is 2.49. The van der Waals surface area contributed by atoms with E-state index < -0.39 is 18.2 Å². The third-order valence-electron chi connectivity index (χ3n) is 4.77. The predicted octanol–water partition coefficient (Wildman–Crippen LogP) is 5.21. The molecule has 0 saturated carbocycles. The smallest absolute Gasteiger partial charge is 0.191 e. The van der Waals surface area contributed by atoms with E-state index in [1.807, 2.05) is 6.07 Å². The minimum Gasteiger partial charge on any atom is -0.417 e. The van der Waals surface area contributed by atoms with E-state index in [2.05, 4.69) is 40.4 Å². The van der Waals surface area contributed by atoms with Crippen LogP contribution in [-0.4, -0.2) is 29.1 Å². The van der Waals surface area contributed by atoms with Crippen molar-refractivity contribution in [3.63, 3.8) is 0 Å². The zero-order chi connectivity index (χ0) is 18.4. The van der Waals surface area contributed by atoms with Crippen molar-refractivity contribution in [2.24, 2.45) is 0 Å². The minimum absolute atomic E-state index is 0.124. The lowest BCUT2D eigenvalue weighted by Crippen LogP contribution is -2.40. The van der Waals surface area contributed by atoms with Crippen LogP contribution >= 0.6 is 0 Å². The van der Waals surface area contributed by atoms with E-state index in [-0.39, 0.29) is 10.8 Å². The van der Waals surface area contributed by atoms with Gasteiger partial charge in [-0.2, -0.15) is 0 Å². The molecule has 0 heterocycles. The highest BCUT2D eigenvalue weighted by Gasteiger charge is 2.36. The molecule has 3 nitrogen and oxygen atoms in total. The van der Waals surface area contributed by atoms with Gasteiger partial charge in [0.25, 0.3) is 0 Å². The van der Waals surface area contributed by atoms with Gasteiger partial charge in [-0.15, -0.1) is 0 Å². The molecule has 0 fully saturated rings. The summed E-state index contributed by atoms with van der Waals surface area (Å²) in [5.41, 5.74) is 0.980. The standard InChI is InChI=1S/C19H32O3SSi/c1-17(11-10-15-22-24(5,6)19(2,3)4)14-16-23(20,21)18-12-8-7-9-13-18/h7-9,12-13H,1,10-11,14-16H2,2-6H3. The molecule has 0 bridgehead atoms. The molecule has 0 unspecified atom stereocenters. The Kier molecular flexibility index (Phi) is 7.44. The number of allylic oxidation sites excluding steroid dienone is 1. The average molecular weight is 369 g/mol. The summed E-state index contributed by atoms with van der Waals surface area (Å²) in [6, 6.07) is 8.61. The first-order chi connectivity index (χ1) is 11.0. The topological polar surface area (TPSA) is 43.4 Å². The van der Waals surface area contributed by atoms with Crippen LogP contribution in [0.15, 0.2) is 47.4 Å². The third-order valence-corrected chi connectivity index (χ3v) is 11.0. The zero-order valence-electron chi connectivity index (χ0n) is 15.8. The van der Waals surface area contributed by atoms with E-state index in [0.29, 0.717) is 11.3 Å². The summed E-state index contributed by atoms with van der Waals surface area (Å²) in [4.78, 5) is 0.388. The molecule has 0 aliphatic heterocycles. The Morgan fingerprint density at radius 1 is 1.12 bits per heavy atom. The van der Waals surface area contributed by atoms with E-state index in [4.69, 9.17) is 4.43 Å². The summed E-state index contributed by atoms with van der Waals surface area (Å²) in [6.45, 7) is 15.9. The van der Waals surface area contributed by atoms with Crippen LogP contribution in [0.4, 0.5) is 0 Å². The number of hydrogen-bond donors (Lipinski definition) is 0. The lowest BCUT2D eigenvalue weighted by molar-refractivity contribution is 0.282. The largest absolute Gasteiger partial charge is 0.417 e. The van der Waals surface area contributed by atoms with Gasteiger partial charge in [0.05, 0.1) is 10.6 Å². The summed E-state index contributed by atoms with van der Waals surface area (Å²) in [7, 11) is -4.91.